The van der Waals surface area contributed by atoms with Gasteiger partial charge in [-0.1, -0.05) is 172 Å². The molecule has 0 heterocycles. The number of hydrogen-bond donors (Lipinski definition) is 1. The molecule has 0 saturated carbocycles. The largest absolute Gasteiger partial charge is 0.462 e. The lowest BCUT2D eigenvalue weighted by Gasteiger charge is -2.15. The van der Waals surface area contributed by atoms with E-state index in [2.05, 4.69) is 62.5 Å². The van der Waals surface area contributed by atoms with Crippen LogP contribution in [-0.4, -0.2) is 36.4 Å². The van der Waals surface area contributed by atoms with Gasteiger partial charge in [-0.25, -0.2) is 0 Å². The van der Waals surface area contributed by atoms with Crippen molar-refractivity contribution in [3.63, 3.8) is 0 Å². The number of rotatable bonds is 39. The molecular weight excluding hydrogens is 633 g/mol. The molecule has 51 heavy (non-hydrogen) atoms. The van der Waals surface area contributed by atoms with Crippen molar-refractivity contribution >= 4 is 11.9 Å². The van der Waals surface area contributed by atoms with Crippen LogP contribution < -0.4 is 0 Å². The highest BCUT2D eigenvalue weighted by Gasteiger charge is 2.16. The molecule has 0 rings (SSSR count). The van der Waals surface area contributed by atoms with Gasteiger partial charge in [0, 0.05) is 12.8 Å². The van der Waals surface area contributed by atoms with Crippen molar-refractivity contribution in [3.05, 3.63) is 48.6 Å². The van der Waals surface area contributed by atoms with Gasteiger partial charge in [-0.15, -0.1) is 0 Å². The van der Waals surface area contributed by atoms with Crippen molar-refractivity contribution in [2.45, 2.75) is 219 Å². The Morgan fingerprint density at radius 3 is 1.20 bits per heavy atom. The summed E-state index contributed by atoms with van der Waals surface area (Å²) in [5, 5.41) is 9.57. The molecule has 0 aromatic heterocycles. The third kappa shape index (κ3) is 40.5. The lowest BCUT2D eigenvalue weighted by atomic mass is 10.1. The maximum atomic E-state index is 12.2. The molecule has 0 aromatic rings. The Bertz CT molecular complexity index is 858. The van der Waals surface area contributed by atoms with E-state index >= 15 is 0 Å². The number of unbranched alkanes of at least 4 members (excludes halogenated alkanes) is 23. The van der Waals surface area contributed by atoms with Crippen molar-refractivity contribution in [3.8, 4) is 0 Å². The number of carbonyl (C=O) groups is 2. The summed E-state index contributed by atoms with van der Waals surface area (Å²) in [7, 11) is 0. The molecule has 0 radical (unpaired) electrons. The van der Waals surface area contributed by atoms with Gasteiger partial charge in [0.15, 0.2) is 6.10 Å². The molecule has 1 unspecified atom stereocenters. The van der Waals surface area contributed by atoms with Gasteiger partial charge in [-0.3, -0.25) is 9.59 Å². The van der Waals surface area contributed by atoms with Crippen molar-refractivity contribution < 1.29 is 24.2 Å². The van der Waals surface area contributed by atoms with E-state index in [1.165, 1.54) is 128 Å². The molecule has 0 aliphatic carbocycles. The number of ether oxygens (including phenoxy) is 2. The summed E-state index contributed by atoms with van der Waals surface area (Å²) in [6, 6.07) is 0. The van der Waals surface area contributed by atoms with E-state index < -0.39 is 6.10 Å². The van der Waals surface area contributed by atoms with Crippen LogP contribution in [0.3, 0.4) is 0 Å². The molecule has 0 amide bonds. The second kappa shape index (κ2) is 42.3. The highest BCUT2D eigenvalue weighted by molar-refractivity contribution is 5.70. The van der Waals surface area contributed by atoms with Crippen LogP contribution >= 0.6 is 0 Å². The highest BCUT2D eigenvalue weighted by atomic mass is 16.6. The van der Waals surface area contributed by atoms with Crippen molar-refractivity contribution in [2.75, 3.05) is 13.2 Å². The number of esters is 2. The summed E-state index contributed by atoms with van der Waals surface area (Å²) in [4.78, 5) is 24.3. The summed E-state index contributed by atoms with van der Waals surface area (Å²) >= 11 is 0. The zero-order chi connectivity index (χ0) is 37.1. The van der Waals surface area contributed by atoms with Crippen LogP contribution in [-0.2, 0) is 19.1 Å². The smallest absolute Gasteiger partial charge is 0.306 e. The van der Waals surface area contributed by atoms with Gasteiger partial charge in [0.25, 0.3) is 0 Å². The number of aliphatic hydroxyl groups is 1. The molecule has 0 aliphatic heterocycles. The van der Waals surface area contributed by atoms with Crippen molar-refractivity contribution in [1.82, 2.24) is 0 Å². The maximum Gasteiger partial charge on any atom is 0.306 e. The van der Waals surface area contributed by atoms with Crippen LogP contribution in [0.4, 0.5) is 0 Å². The average Bonchev–Trinajstić information content (AvgIpc) is 3.13. The minimum absolute atomic E-state index is 0.0733. The Kier molecular flexibility index (Phi) is 40.5. The van der Waals surface area contributed by atoms with Gasteiger partial charge in [0.05, 0.1) is 6.61 Å². The summed E-state index contributed by atoms with van der Waals surface area (Å²) in [5.41, 5.74) is 0. The fourth-order valence-corrected chi connectivity index (χ4v) is 6.03. The lowest BCUT2D eigenvalue weighted by Crippen LogP contribution is -2.28. The molecule has 0 spiro atoms. The van der Waals surface area contributed by atoms with E-state index in [4.69, 9.17) is 9.47 Å². The number of carbonyl (C=O) groups excluding carboxylic acids is 2. The fourth-order valence-electron chi connectivity index (χ4n) is 6.03. The molecule has 5 nitrogen and oxygen atoms in total. The topological polar surface area (TPSA) is 72.8 Å². The fraction of sp³-hybridized carbons (Fsp3) is 0.783. The van der Waals surface area contributed by atoms with E-state index in [1.807, 2.05) is 0 Å². The second-order valence-corrected chi connectivity index (χ2v) is 14.4. The molecule has 0 fully saturated rings. The Labute approximate surface area is 316 Å². The van der Waals surface area contributed by atoms with Gasteiger partial charge >= 0.3 is 11.9 Å². The molecule has 0 saturated heterocycles. The van der Waals surface area contributed by atoms with Gasteiger partial charge in [-0.2, -0.15) is 0 Å². The summed E-state index contributed by atoms with van der Waals surface area (Å²) in [6.45, 7) is 4.11. The van der Waals surface area contributed by atoms with Gasteiger partial charge in [-0.05, 0) is 77.0 Å². The van der Waals surface area contributed by atoms with Crippen LogP contribution in [0.5, 0.6) is 0 Å². The molecular formula is C46H82O5. The van der Waals surface area contributed by atoms with Crippen LogP contribution in [0.25, 0.3) is 0 Å². The van der Waals surface area contributed by atoms with Crippen LogP contribution in [0, 0.1) is 0 Å². The maximum absolute atomic E-state index is 12.2. The Balaban J connectivity index is 3.57. The standard InChI is InChI=1S/C46H82O5/c1-3-5-7-9-11-13-15-17-19-20-21-22-23-24-25-26-27-29-31-33-35-37-39-41-46(49)51-44(42-47)43-50-45(48)40-38-36-34-32-30-28-18-16-14-12-10-8-6-4-2/h15-18,20-21,23-24,44,47H,3-14,19,22,25-43H2,1-2H3/b17-15-,18-16-,21-20-,24-23-. The first-order chi connectivity index (χ1) is 25.1. The number of allylic oxidation sites excluding steroid dienone is 8. The van der Waals surface area contributed by atoms with Crippen molar-refractivity contribution in [1.29, 1.82) is 0 Å². The summed E-state index contributed by atoms with van der Waals surface area (Å²) < 4.78 is 10.6. The van der Waals surface area contributed by atoms with E-state index in [9.17, 15) is 14.7 Å². The molecule has 0 bridgehead atoms. The lowest BCUT2D eigenvalue weighted by molar-refractivity contribution is -0.161. The summed E-state index contributed by atoms with van der Waals surface area (Å²) in [6.07, 6.45) is 53.2. The quantitative estimate of drug-likeness (QED) is 0.0390. The van der Waals surface area contributed by atoms with E-state index in [0.29, 0.717) is 12.8 Å². The van der Waals surface area contributed by atoms with Crippen LogP contribution in [0.15, 0.2) is 48.6 Å². The highest BCUT2D eigenvalue weighted by Crippen LogP contribution is 2.13. The zero-order valence-electron chi connectivity index (χ0n) is 33.6. The molecule has 0 aliphatic rings. The molecule has 1 N–H and O–H groups in total. The Morgan fingerprint density at radius 1 is 0.451 bits per heavy atom. The molecule has 296 valence electrons. The van der Waals surface area contributed by atoms with Gasteiger partial charge in [0.1, 0.15) is 6.61 Å². The summed E-state index contributed by atoms with van der Waals surface area (Å²) in [5.74, 6) is -0.607. The molecule has 5 heteroatoms. The minimum Gasteiger partial charge on any atom is -0.462 e. The normalized spacial score (nSPS) is 12.6. The number of hydrogen-bond acceptors (Lipinski definition) is 5. The predicted molar refractivity (Wildman–Crippen MR) is 219 cm³/mol. The van der Waals surface area contributed by atoms with E-state index in [0.717, 1.165) is 57.8 Å². The van der Waals surface area contributed by atoms with Crippen LogP contribution in [0.1, 0.15) is 213 Å². The third-order valence-corrected chi connectivity index (χ3v) is 9.35. The first-order valence-electron chi connectivity index (χ1n) is 21.7. The zero-order valence-corrected chi connectivity index (χ0v) is 33.6. The Morgan fingerprint density at radius 2 is 0.784 bits per heavy atom. The van der Waals surface area contributed by atoms with E-state index in [-0.39, 0.29) is 25.2 Å². The Hall–Kier alpha value is -2.14. The second-order valence-electron chi connectivity index (χ2n) is 14.4. The average molecular weight is 715 g/mol. The third-order valence-electron chi connectivity index (χ3n) is 9.35. The van der Waals surface area contributed by atoms with Crippen molar-refractivity contribution in [2.24, 2.45) is 0 Å². The van der Waals surface area contributed by atoms with E-state index in [1.54, 1.807) is 0 Å². The number of aliphatic hydroxyl groups excluding tert-OH is 1. The van der Waals surface area contributed by atoms with Gasteiger partial charge in [0.2, 0.25) is 0 Å². The van der Waals surface area contributed by atoms with Gasteiger partial charge < -0.3 is 14.6 Å². The molecule has 0 aromatic carbocycles. The predicted octanol–water partition coefficient (Wildman–Crippen LogP) is 13.8. The molecule has 1 atom stereocenters. The van der Waals surface area contributed by atoms with Crippen LogP contribution in [0.2, 0.25) is 0 Å². The first kappa shape index (κ1) is 48.9. The SMILES string of the molecule is CCCCCCC/C=C\C/C=C\C/C=C\CCCCCCCCCCC(=O)OC(CO)COC(=O)CCCCCCC/C=C\CCCCCCC. The first-order valence-corrected chi connectivity index (χ1v) is 21.7. The minimum atomic E-state index is -0.779. The monoisotopic (exact) mass is 715 g/mol.